The van der Waals surface area contributed by atoms with Gasteiger partial charge < -0.3 is 0 Å². The molecule has 0 spiro atoms. The molecule has 1 unspecified atom stereocenters. The van der Waals surface area contributed by atoms with Crippen molar-refractivity contribution < 1.29 is 0 Å². The highest BCUT2D eigenvalue weighted by Crippen LogP contribution is 2.41. The first-order valence-corrected chi connectivity index (χ1v) is 9.84. The Morgan fingerprint density at radius 1 is 1.05 bits per heavy atom. The molecule has 116 valence electrons. The van der Waals surface area contributed by atoms with Gasteiger partial charge in [0.05, 0.1) is 0 Å². The lowest BCUT2D eigenvalue weighted by atomic mass is 9.80. The summed E-state index contributed by atoms with van der Waals surface area (Å²) in [6.07, 6.45) is 11.6. The lowest BCUT2D eigenvalue weighted by Gasteiger charge is -2.27. The van der Waals surface area contributed by atoms with Crippen molar-refractivity contribution in [3.05, 3.63) is 13.9 Å². The lowest BCUT2D eigenvalue weighted by molar-refractivity contribution is 0.364. The fourth-order valence-electron chi connectivity index (χ4n) is 2.59. The molecule has 1 aromatic heterocycles. The van der Waals surface area contributed by atoms with E-state index in [0.717, 1.165) is 3.79 Å². The smallest absolute Gasteiger partial charge is 0.154 e. The van der Waals surface area contributed by atoms with E-state index in [9.17, 15) is 0 Å². The molecule has 1 atom stereocenters. The van der Waals surface area contributed by atoms with Crippen molar-refractivity contribution in [1.82, 2.24) is 4.98 Å². The Morgan fingerprint density at radius 3 is 2.10 bits per heavy atom. The molecule has 20 heavy (non-hydrogen) atoms. The minimum atomic E-state index is 0.198. The van der Waals surface area contributed by atoms with Crippen LogP contribution >= 0.6 is 38.9 Å². The molecular weight excluding hydrogens is 354 g/mol. The summed E-state index contributed by atoms with van der Waals surface area (Å²) in [5.41, 5.74) is 0.198. The first-order chi connectivity index (χ1) is 9.53. The van der Waals surface area contributed by atoms with E-state index in [1.807, 2.05) is 0 Å². The van der Waals surface area contributed by atoms with Crippen molar-refractivity contribution in [3.8, 4) is 0 Å². The lowest BCUT2D eigenvalue weighted by Crippen LogP contribution is -2.22. The molecule has 1 rings (SSSR count). The van der Waals surface area contributed by atoms with Crippen LogP contribution in [0.1, 0.15) is 83.6 Å². The van der Waals surface area contributed by atoms with Crippen molar-refractivity contribution in [2.75, 3.05) is 0 Å². The van der Waals surface area contributed by atoms with Gasteiger partial charge in [0.15, 0.2) is 5.15 Å². The molecule has 0 N–H and O–H groups in total. The highest BCUT2D eigenvalue weighted by atomic mass is 79.9. The van der Waals surface area contributed by atoms with Gasteiger partial charge in [-0.15, -0.1) is 11.3 Å². The van der Waals surface area contributed by atoms with Crippen LogP contribution in [-0.2, 0) is 5.41 Å². The average molecular weight is 381 g/mol. The number of hydrogen-bond donors (Lipinski definition) is 0. The van der Waals surface area contributed by atoms with Crippen LogP contribution in [0.3, 0.4) is 0 Å². The third-order valence-electron chi connectivity index (χ3n) is 3.98. The first-order valence-electron chi connectivity index (χ1n) is 7.85. The third kappa shape index (κ3) is 5.65. The van der Waals surface area contributed by atoms with E-state index in [1.165, 1.54) is 62.8 Å². The Balaban J connectivity index is 2.71. The van der Waals surface area contributed by atoms with E-state index in [0.29, 0.717) is 5.15 Å². The van der Waals surface area contributed by atoms with E-state index in [-0.39, 0.29) is 5.41 Å². The Labute approximate surface area is 141 Å². The van der Waals surface area contributed by atoms with Gasteiger partial charge in [-0.1, -0.05) is 77.3 Å². The molecule has 1 heterocycles. The van der Waals surface area contributed by atoms with Crippen LogP contribution in [0.15, 0.2) is 3.79 Å². The number of unbranched alkanes of at least 4 members (excludes halogenated alkanes) is 5. The van der Waals surface area contributed by atoms with Crippen LogP contribution in [-0.4, -0.2) is 4.98 Å². The van der Waals surface area contributed by atoms with Crippen LogP contribution in [0.5, 0.6) is 0 Å². The zero-order valence-corrected chi connectivity index (χ0v) is 16.1. The summed E-state index contributed by atoms with van der Waals surface area (Å²) in [6.45, 7) is 6.89. The monoisotopic (exact) mass is 379 g/mol. The molecular formula is C16H27BrClNS. The highest BCUT2D eigenvalue weighted by molar-refractivity contribution is 9.11. The summed E-state index contributed by atoms with van der Waals surface area (Å²) in [5, 5.41) is 1.84. The molecule has 0 saturated heterocycles. The van der Waals surface area contributed by atoms with Crippen molar-refractivity contribution in [3.63, 3.8) is 0 Å². The van der Waals surface area contributed by atoms with Gasteiger partial charge in [0.25, 0.3) is 0 Å². The van der Waals surface area contributed by atoms with Crippen LogP contribution in [0.4, 0.5) is 0 Å². The molecule has 0 aliphatic carbocycles. The quantitative estimate of drug-likeness (QED) is 0.386. The summed E-state index contributed by atoms with van der Waals surface area (Å²) in [7, 11) is 0. The van der Waals surface area contributed by atoms with E-state index < -0.39 is 0 Å². The second-order valence-electron chi connectivity index (χ2n) is 5.91. The first kappa shape index (κ1) is 18.4. The van der Waals surface area contributed by atoms with E-state index in [2.05, 4.69) is 41.7 Å². The molecule has 4 heteroatoms. The number of aromatic nitrogens is 1. The van der Waals surface area contributed by atoms with Gasteiger partial charge in [-0.05, 0) is 28.8 Å². The Bertz CT molecular complexity index is 374. The maximum atomic E-state index is 6.13. The molecule has 0 aromatic carbocycles. The van der Waals surface area contributed by atoms with Gasteiger partial charge in [0.2, 0.25) is 0 Å². The number of rotatable bonds is 10. The SMILES string of the molecule is CCCCCCC(C)(CCCCC)c1nc(Cl)c(Br)s1. The number of halogens is 2. The van der Waals surface area contributed by atoms with Crippen molar-refractivity contribution >= 4 is 38.9 Å². The summed E-state index contributed by atoms with van der Waals surface area (Å²) < 4.78 is 0.976. The predicted molar refractivity (Wildman–Crippen MR) is 95.1 cm³/mol. The topological polar surface area (TPSA) is 12.9 Å². The van der Waals surface area contributed by atoms with Gasteiger partial charge in [-0.25, -0.2) is 4.98 Å². The normalized spacial score (nSPS) is 14.4. The second kappa shape index (κ2) is 9.42. The minimum absolute atomic E-state index is 0.198. The molecule has 0 aliphatic heterocycles. The molecule has 0 aliphatic rings. The van der Waals surface area contributed by atoms with Gasteiger partial charge in [0, 0.05) is 5.41 Å². The fourth-order valence-corrected chi connectivity index (χ4v) is 4.27. The predicted octanol–water partition coefficient (Wildman–Crippen LogP) is 7.37. The molecule has 0 bridgehead atoms. The van der Waals surface area contributed by atoms with Crippen molar-refractivity contribution in [1.29, 1.82) is 0 Å². The fraction of sp³-hybridized carbons (Fsp3) is 0.812. The zero-order valence-electron chi connectivity index (χ0n) is 13.0. The van der Waals surface area contributed by atoms with Gasteiger partial charge in [-0.2, -0.15) is 0 Å². The van der Waals surface area contributed by atoms with Crippen LogP contribution in [0.2, 0.25) is 5.15 Å². The molecule has 1 nitrogen and oxygen atoms in total. The number of hydrogen-bond acceptors (Lipinski definition) is 2. The summed E-state index contributed by atoms with van der Waals surface area (Å²) in [6, 6.07) is 0. The van der Waals surface area contributed by atoms with Gasteiger partial charge in [-0.3, -0.25) is 0 Å². The standard InChI is InChI=1S/C16H27BrClNS/c1-4-6-8-10-12-16(3,11-9-7-5-2)15-19-14(18)13(17)20-15/h4-12H2,1-3H3. The zero-order chi connectivity index (χ0) is 15.0. The van der Waals surface area contributed by atoms with Crippen molar-refractivity contribution in [2.24, 2.45) is 0 Å². The summed E-state index contributed by atoms with van der Waals surface area (Å²) in [5.74, 6) is 0. The summed E-state index contributed by atoms with van der Waals surface area (Å²) >= 11 is 11.4. The molecule has 1 aromatic rings. The largest absolute Gasteiger partial charge is 0.228 e. The van der Waals surface area contributed by atoms with Crippen molar-refractivity contribution in [2.45, 2.75) is 84.0 Å². The van der Waals surface area contributed by atoms with E-state index >= 15 is 0 Å². The van der Waals surface area contributed by atoms with Gasteiger partial charge in [0.1, 0.15) is 8.79 Å². The Kier molecular flexibility index (Phi) is 8.69. The van der Waals surface area contributed by atoms with Crippen LogP contribution < -0.4 is 0 Å². The Hall–Kier alpha value is 0.400. The summed E-state index contributed by atoms with van der Waals surface area (Å²) in [4.78, 5) is 4.60. The minimum Gasteiger partial charge on any atom is -0.228 e. The Morgan fingerprint density at radius 2 is 1.60 bits per heavy atom. The molecule has 0 fully saturated rings. The van der Waals surface area contributed by atoms with E-state index in [4.69, 9.17) is 11.6 Å². The maximum absolute atomic E-state index is 6.13. The van der Waals surface area contributed by atoms with Gasteiger partial charge >= 0.3 is 0 Å². The molecule has 0 saturated carbocycles. The number of nitrogens with zero attached hydrogens (tertiary/aromatic N) is 1. The highest BCUT2D eigenvalue weighted by Gasteiger charge is 2.30. The second-order valence-corrected chi connectivity index (χ2v) is 8.59. The maximum Gasteiger partial charge on any atom is 0.154 e. The third-order valence-corrected chi connectivity index (χ3v) is 6.60. The number of thiazole rings is 1. The van der Waals surface area contributed by atoms with E-state index in [1.54, 1.807) is 11.3 Å². The average Bonchev–Trinajstić information content (AvgIpc) is 2.76. The molecule has 0 radical (unpaired) electrons. The van der Waals surface area contributed by atoms with Crippen LogP contribution in [0, 0.1) is 0 Å². The molecule has 0 amide bonds. The van der Waals surface area contributed by atoms with Crippen LogP contribution in [0.25, 0.3) is 0 Å².